The number of hydrogen-bond acceptors (Lipinski definition) is 2. The van der Waals surface area contributed by atoms with Crippen LogP contribution in [0.15, 0.2) is 24.3 Å². The van der Waals surface area contributed by atoms with Gasteiger partial charge in [-0.1, -0.05) is 32.0 Å². The molecule has 3 nitrogen and oxygen atoms in total. The van der Waals surface area contributed by atoms with Gasteiger partial charge in [-0.15, -0.1) is 0 Å². The highest BCUT2D eigenvalue weighted by molar-refractivity contribution is 5.82. The Morgan fingerprint density at radius 1 is 1.44 bits per heavy atom. The fourth-order valence-corrected chi connectivity index (χ4v) is 2.50. The van der Waals surface area contributed by atoms with Crippen LogP contribution in [0.25, 0.3) is 0 Å². The fourth-order valence-electron chi connectivity index (χ4n) is 2.50. The molecular weight excluding hydrogens is 222 g/mol. The van der Waals surface area contributed by atoms with Gasteiger partial charge in [0, 0.05) is 23.7 Å². The first-order chi connectivity index (χ1) is 8.42. The van der Waals surface area contributed by atoms with E-state index < -0.39 is 0 Å². The lowest BCUT2D eigenvalue weighted by Crippen LogP contribution is -2.37. The Bertz CT molecular complexity index is 451. The summed E-state index contributed by atoms with van der Waals surface area (Å²) < 4.78 is 0. The van der Waals surface area contributed by atoms with Gasteiger partial charge in [0.15, 0.2) is 0 Å². The highest BCUT2D eigenvalue weighted by atomic mass is 15.2. The van der Waals surface area contributed by atoms with E-state index in [1.807, 2.05) is 13.8 Å². The molecule has 0 fully saturated rings. The molecule has 1 aromatic carbocycles. The summed E-state index contributed by atoms with van der Waals surface area (Å²) in [6.45, 7) is 7.31. The predicted molar refractivity (Wildman–Crippen MR) is 77.3 cm³/mol. The van der Waals surface area contributed by atoms with Crippen molar-refractivity contribution in [3.63, 3.8) is 0 Å². The van der Waals surface area contributed by atoms with Crippen LogP contribution in [0.2, 0.25) is 0 Å². The maximum Gasteiger partial charge on any atom is 0.0963 e. The molecule has 0 aliphatic carbocycles. The predicted octanol–water partition coefficient (Wildman–Crippen LogP) is 2.79. The largest absolute Gasteiger partial charge is 0.387 e. The lowest BCUT2D eigenvalue weighted by molar-refractivity contribution is 0.458. The minimum absolute atomic E-state index is 0.211. The number of fused-ring (bicyclic) bond motifs is 1. The zero-order valence-corrected chi connectivity index (χ0v) is 11.5. The van der Waals surface area contributed by atoms with Gasteiger partial charge < -0.3 is 10.6 Å². The van der Waals surface area contributed by atoms with E-state index in [9.17, 15) is 0 Å². The summed E-state index contributed by atoms with van der Waals surface area (Å²) in [7, 11) is 0. The number of nitrogens with two attached hydrogens (primary N) is 1. The number of benzene rings is 1. The van der Waals surface area contributed by atoms with Crippen LogP contribution in [-0.2, 0) is 6.42 Å². The summed E-state index contributed by atoms with van der Waals surface area (Å²) in [5.41, 5.74) is 8.22. The van der Waals surface area contributed by atoms with Gasteiger partial charge >= 0.3 is 0 Å². The number of para-hydroxylation sites is 1. The Hall–Kier alpha value is -1.51. The molecule has 3 N–H and O–H groups in total. The third-order valence-electron chi connectivity index (χ3n) is 4.06. The molecule has 0 saturated heterocycles. The van der Waals surface area contributed by atoms with Crippen LogP contribution < -0.4 is 10.6 Å². The molecule has 0 amide bonds. The van der Waals surface area contributed by atoms with Crippen molar-refractivity contribution >= 4 is 11.5 Å². The van der Waals surface area contributed by atoms with Gasteiger partial charge in [-0.2, -0.15) is 0 Å². The van der Waals surface area contributed by atoms with E-state index in [1.54, 1.807) is 0 Å². The van der Waals surface area contributed by atoms with Gasteiger partial charge in [0.05, 0.1) is 5.84 Å². The molecule has 0 radical (unpaired) electrons. The summed E-state index contributed by atoms with van der Waals surface area (Å²) >= 11 is 0. The molecule has 1 aliphatic rings. The second-order valence-corrected chi connectivity index (χ2v) is 5.92. The first-order valence-corrected chi connectivity index (χ1v) is 6.61. The van der Waals surface area contributed by atoms with Gasteiger partial charge in [-0.25, -0.2) is 0 Å². The molecule has 98 valence electrons. The van der Waals surface area contributed by atoms with E-state index in [0.29, 0.717) is 6.04 Å². The van der Waals surface area contributed by atoms with Crippen LogP contribution in [-0.4, -0.2) is 18.4 Å². The topological polar surface area (TPSA) is 53.1 Å². The molecule has 1 unspecified atom stereocenters. The Balaban J connectivity index is 2.09. The van der Waals surface area contributed by atoms with Gasteiger partial charge in [0.25, 0.3) is 0 Å². The Morgan fingerprint density at radius 2 is 2.11 bits per heavy atom. The molecule has 0 spiro atoms. The third kappa shape index (κ3) is 2.35. The SMILES string of the molecule is CC1Cc2ccccc2N1CCC(C)(C)C(=N)N. The van der Waals surface area contributed by atoms with Gasteiger partial charge in [0.1, 0.15) is 0 Å². The second-order valence-electron chi connectivity index (χ2n) is 5.92. The molecule has 1 aromatic rings. The highest BCUT2D eigenvalue weighted by Crippen LogP contribution is 2.33. The minimum atomic E-state index is -0.211. The first-order valence-electron chi connectivity index (χ1n) is 6.61. The van der Waals surface area contributed by atoms with E-state index in [-0.39, 0.29) is 11.3 Å². The normalized spacial score (nSPS) is 18.8. The maximum absolute atomic E-state index is 7.63. The van der Waals surface area contributed by atoms with Crippen LogP contribution in [0, 0.1) is 10.8 Å². The Kier molecular flexibility index (Phi) is 3.33. The molecule has 18 heavy (non-hydrogen) atoms. The monoisotopic (exact) mass is 245 g/mol. The molecule has 1 atom stereocenters. The molecule has 1 heterocycles. The molecule has 3 heteroatoms. The van der Waals surface area contributed by atoms with Crippen molar-refractivity contribution in [1.29, 1.82) is 5.41 Å². The number of hydrogen-bond donors (Lipinski definition) is 2. The number of rotatable bonds is 4. The quantitative estimate of drug-likeness (QED) is 0.633. The number of amidine groups is 1. The minimum Gasteiger partial charge on any atom is -0.387 e. The van der Waals surface area contributed by atoms with E-state index in [4.69, 9.17) is 11.1 Å². The number of anilines is 1. The number of nitrogens with zero attached hydrogens (tertiary/aromatic N) is 1. The van der Waals surface area contributed by atoms with Crippen molar-refractivity contribution in [2.24, 2.45) is 11.1 Å². The highest BCUT2D eigenvalue weighted by Gasteiger charge is 2.28. The summed E-state index contributed by atoms with van der Waals surface area (Å²) in [5.74, 6) is 0.280. The zero-order chi connectivity index (χ0) is 13.3. The summed E-state index contributed by atoms with van der Waals surface area (Å²) in [4.78, 5) is 2.44. The van der Waals surface area contributed by atoms with Crippen molar-refractivity contribution in [2.75, 3.05) is 11.4 Å². The summed E-state index contributed by atoms with van der Waals surface area (Å²) in [6, 6.07) is 9.15. The lowest BCUT2D eigenvalue weighted by atomic mass is 9.88. The van der Waals surface area contributed by atoms with Crippen molar-refractivity contribution < 1.29 is 0 Å². The third-order valence-corrected chi connectivity index (χ3v) is 4.06. The molecule has 0 saturated carbocycles. The van der Waals surface area contributed by atoms with Crippen LogP contribution >= 0.6 is 0 Å². The molecule has 0 bridgehead atoms. The van der Waals surface area contributed by atoms with Crippen LogP contribution in [0.4, 0.5) is 5.69 Å². The maximum atomic E-state index is 7.63. The second kappa shape index (κ2) is 4.63. The van der Waals surface area contributed by atoms with Gasteiger partial charge in [-0.3, -0.25) is 5.41 Å². The molecule has 0 aromatic heterocycles. The van der Waals surface area contributed by atoms with Crippen molar-refractivity contribution in [3.8, 4) is 0 Å². The van der Waals surface area contributed by atoms with Crippen LogP contribution in [0.5, 0.6) is 0 Å². The number of nitrogens with one attached hydrogen (secondary N) is 1. The average Bonchev–Trinajstić information content (AvgIpc) is 2.62. The Morgan fingerprint density at radius 3 is 2.78 bits per heavy atom. The zero-order valence-electron chi connectivity index (χ0n) is 11.5. The first kappa shape index (κ1) is 12.9. The molecular formula is C15H23N3. The van der Waals surface area contributed by atoms with Crippen molar-refractivity contribution in [2.45, 2.75) is 39.7 Å². The van der Waals surface area contributed by atoms with Gasteiger partial charge in [0.2, 0.25) is 0 Å². The summed E-state index contributed by atoms with van der Waals surface area (Å²) in [5, 5.41) is 7.63. The molecule has 2 rings (SSSR count). The van der Waals surface area contributed by atoms with E-state index in [0.717, 1.165) is 19.4 Å². The van der Waals surface area contributed by atoms with E-state index in [2.05, 4.69) is 36.1 Å². The Labute approximate surface area is 109 Å². The molecule has 1 aliphatic heterocycles. The lowest BCUT2D eigenvalue weighted by Gasteiger charge is -2.30. The van der Waals surface area contributed by atoms with Crippen LogP contribution in [0.3, 0.4) is 0 Å². The smallest absolute Gasteiger partial charge is 0.0963 e. The van der Waals surface area contributed by atoms with Crippen molar-refractivity contribution in [3.05, 3.63) is 29.8 Å². The van der Waals surface area contributed by atoms with Gasteiger partial charge in [-0.05, 0) is 31.4 Å². The van der Waals surface area contributed by atoms with Crippen LogP contribution in [0.1, 0.15) is 32.8 Å². The van der Waals surface area contributed by atoms with E-state index in [1.165, 1.54) is 11.3 Å². The van der Waals surface area contributed by atoms with Crippen molar-refractivity contribution in [1.82, 2.24) is 0 Å². The standard InChI is InChI=1S/C15H23N3/c1-11-10-12-6-4-5-7-13(12)18(11)9-8-15(2,3)14(16)17/h4-7,11H,8-10H2,1-3H3,(H3,16,17). The van der Waals surface area contributed by atoms with E-state index >= 15 is 0 Å². The fraction of sp³-hybridized carbons (Fsp3) is 0.533. The average molecular weight is 245 g/mol. The summed E-state index contributed by atoms with van der Waals surface area (Å²) in [6.07, 6.45) is 2.04.